The molecule has 0 atom stereocenters. The maximum absolute atomic E-state index is 7.51. The van der Waals surface area contributed by atoms with Crippen LogP contribution in [0.5, 0.6) is 0 Å². The molecule has 0 unspecified atom stereocenters. The summed E-state index contributed by atoms with van der Waals surface area (Å²) >= 11 is 0. The zero-order chi connectivity index (χ0) is 30.4. The van der Waals surface area contributed by atoms with E-state index in [1.807, 2.05) is 0 Å². The lowest BCUT2D eigenvalue weighted by Crippen LogP contribution is -2.67. The summed E-state index contributed by atoms with van der Waals surface area (Å²) in [4.78, 5) is 0. The minimum Gasteiger partial charge on any atom is -0.417 e. The van der Waals surface area contributed by atoms with Crippen LogP contribution in [0.3, 0.4) is 0 Å². The number of hydrogen-bond acceptors (Lipinski definition) is 5. The molecule has 0 rings (SSSR count). The van der Waals surface area contributed by atoms with Crippen LogP contribution in [0.2, 0.25) is 90.7 Å². The molecule has 0 aliphatic carbocycles. The molecule has 236 valence electrons. The van der Waals surface area contributed by atoms with E-state index in [-0.39, 0.29) is 0 Å². The normalized spacial score (nSPS) is 14.3. The average Bonchev–Trinajstić information content (AvgIpc) is 2.68. The van der Waals surface area contributed by atoms with Crippen LogP contribution in [0, 0.1) is 0 Å². The molecular formula is C28H70O5Si6. The lowest BCUT2D eigenvalue weighted by Gasteiger charge is -2.47. The van der Waals surface area contributed by atoms with Crippen LogP contribution in [-0.4, -0.2) is 50.9 Å². The Hall–Kier alpha value is 1.10. The second-order valence-electron chi connectivity index (χ2n) is 15.4. The van der Waals surface area contributed by atoms with Gasteiger partial charge in [-0.25, -0.2) is 0 Å². The van der Waals surface area contributed by atoms with E-state index in [1.165, 1.54) is 64.2 Å². The Morgan fingerprint density at radius 3 is 0.769 bits per heavy atom. The zero-order valence-corrected chi connectivity index (χ0v) is 34.9. The summed E-state index contributed by atoms with van der Waals surface area (Å²) in [6, 6.07) is 1.76. The number of rotatable bonds is 24. The Bertz CT molecular complexity index is 552. The fourth-order valence-corrected chi connectivity index (χ4v) is 28.7. The SMILES string of the molecule is CCCCCCCC[Si](O[Si](C)(C)C)(O[Si](C)(C)C)O[Si](CCCCCCCC)(O[Si](C)(C)C)O[Si](C)(C)C. The van der Waals surface area contributed by atoms with Gasteiger partial charge in [0.25, 0.3) is 0 Å². The Kier molecular flexibility index (Phi) is 18.5. The highest BCUT2D eigenvalue weighted by Crippen LogP contribution is 2.36. The molecular weight excluding hydrogens is 585 g/mol. The van der Waals surface area contributed by atoms with Crippen LogP contribution in [0.15, 0.2) is 0 Å². The third-order valence-electron chi connectivity index (χ3n) is 5.83. The van der Waals surface area contributed by atoms with Gasteiger partial charge in [-0.05, 0) is 91.4 Å². The predicted molar refractivity (Wildman–Crippen MR) is 187 cm³/mol. The molecule has 0 radical (unpaired) electrons. The second-order valence-corrected chi connectivity index (χ2v) is 40.1. The molecule has 0 N–H and O–H groups in total. The fraction of sp³-hybridized carbons (Fsp3) is 1.00. The first kappa shape index (κ1) is 40.1. The standard InChI is InChI=1S/C28H70O5Si6/c1-15-17-19-21-23-25-27-38(29-34(3,4)5,30-35(6,7)8)33-39(31-36(9,10)11,32-37(12,13)14)28-26-24-22-20-18-16-2/h15-28H2,1-14H3. The van der Waals surface area contributed by atoms with Crippen molar-refractivity contribution >= 4 is 50.9 Å². The lowest BCUT2D eigenvalue weighted by molar-refractivity contribution is 0.171. The summed E-state index contributed by atoms with van der Waals surface area (Å²) in [7, 11) is -14.0. The van der Waals surface area contributed by atoms with Gasteiger partial charge in [0.1, 0.15) is 0 Å². The van der Waals surface area contributed by atoms with Gasteiger partial charge >= 0.3 is 17.6 Å². The zero-order valence-electron chi connectivity index (χ0n) is 28.9. The van der Waals surface area contributed by atoms with Crippen molar-refractivity contribution in [2.45, 2.75) is 182 Å². The van der Waals surface area contributed by atoms with E-state index in [4.69, 9.17) is 20.6 Å². The van der Waals surface area contributed by atoms with E-state index < -0.39 is 50.9 Å². The van der Waals surface area contributed by atoms with Gasteiger partial charge in [0.15, 0.2) is 33.3 Å². The van der Waals surface area contributed by atoms with Gasteiger partial charge in [-0.1, -0.05) is 78.1 Å². The number of unbranched alkanes of at least 4 members (excludes halogenated alkanes) is 10. The molecule has 5 nitrogen and oxygen atoms in total. The average molecular weight is 655 g/mol. The van der Waals surface area contributed by atoms with Crippen molar-refractivity contribution in [2.75, 3.05) is 0 Å². The highest BCUT2D eigenvalue weighted by atomic mass is 28.5. The van der Waals surface area contributed by atoms with Crippen molar-refractivity contribution in [3.8, 4) is 0 Å². The van der Waals surface area contributed by atoms with E-state index >= 15 is 0 Å². The lowest BCUT2D eigenvalue weighted by atomic mass is 10.1. The predicted octanol–water partition coefficient (Wildman–Crippen LogP) is 11.0. The van der Waals surface area contributed by atoms with Crippen LogP contribution in [-0.2, 0) is 20.6 Å². The molecule has 0 bridgehead atoms. The first-order valence-corrected chi connectivity index (χ1v) is 33.7. The van der Waals surface area contributed by atoms with Crippen molar-refractivity contribution in [3.63, 3.8) is 0 Å². The van der Waals surface area contributed by atoms with Crippen molar-refractivity contribution < 1.29 is 20.6 Å². The first-order valence-electron chi connectivity index (χ1n) is 16.2. The molecule has 0 saturated carbocycles. The van der Waals surface area contributed by atoms with E-state index in [2.05, 4.69) is 92.4 Å². The smallest absolute Gasteiger partial charge is 0.417 e. The first-order chi connectivity index (χ1) is 17.7. The highest BCUT2D eigenvalue weighted by Gasteiger charge is 2.58. The Labute approximate surface area is 252 Å². The molecule has 39 heavy (non-hydrogen) atoms. The van der Waals surface area contributed by atoms with E-state index in [1.54, 1.807) is 0 Å². The summed E-state index contributed by atoms with van der Waals surface area (Å²) in [5, 5.41) is 0. The van der Waals surface area contributed by atoms with Gasteiger partial charge < -0.3 is 20.6 Å². The fourth-order valence-electron chi connectivity index (χ4n) is 4.78. The highest BCUT2D eigenvalue weighted by molar-refractivity contribution is 6.92. The monoisotopic (exact) mass is 654 g/mol. The Balaban J connectivity index is 6.46. The van der Waals surface area contributed by atoms with Crippen molar-refractivity contribution in [1.29, 1.82) is 0 Å². The summed E-state index contributed by atoms with van der Waals surface area (Å²) in [6.07, 6.45) is 14.9. The molecule has 0 aromatic heterocycles. The van der Waals surface area contributed by atoms with Gasteiger partial charge in [-0.15, -0.1) is 0 Å². The number of hydrogen-bond donors (Lipinski definition) is 0. The van der Waals surface area contributed by atoms with Crippen molar-refractivity contribution in [1.82, 2.24) is 0 Å². The summed E-state index contributed by atoms with van der Waals surface area (Å²) in [5.74, 6) is 0. The Morgan fingerprint density at radius 1 is 0.308 bits per heavy atom. The molecule has 0 amide bonds. The minimum atomic E-state index is -3.07. The third-order valence-corrected chi connectivity index (χ3v) is 25.0. The molecule has 0 heterocycles. The largest absolute Gasteiger partial charge is 0.472 e. The molecule has 0 aromatic carbocycles. The Morgan fingerprint density at radius 2 is 0.538 bits per heavy atom. The van der Waals surface area contributed by atoms with Crippen LogP contribution in [0.4, 0.5) is 0 Å². The quantitative estimate of drug-likeness (QED) is 0.0765. The minimum absolute atomic E-state index is 0.878. The molecule has 0 fully saturated rings. The molecule has 0 spiro atoms. The van der Waals surface area contributed by atoms with Crippen LogP contribution < -0.4 is 0 Å². The summed E-state index contributed by atoms with van der Waals surface area (Å²) < 4.78 is 36.1. The van der Waals surface area contributed by atoms with Crippen LogP contribution in [0.1, 0.15) is 90.9 Å². The maximum atomic E-state index is 7.51. The van der Waals surface area contributed by atoms with Crippen LogP contribution in [0.25, 0.3) is 0 Å². The van der Waals surface area contributed by atoms with E-state index in [9.17, 15) is 0 Å². The van der Waals surface area contributed by atoms with Crippen LogP contribution >= 0.6 is 0 Å². The summed E-state index contributed by atoms with van der Waals surface area (Å²) in [5.41, 5.74) is 0. The van der Waals surface area contributed by atoms with Crippen molar-refractivity contribution in [2.24, 2.45) is 0 Å². The third kappa shape index (κ3) is 22.3. The molecule has 0 saturated heterocycles. The maximum Gasteiger partial charge on any atom is 0.472 e. The second kappa shape index (κ2) is 18.0. The van der Waals surface area contributed by atoms with E-state index in [0.29, 0.717) is 0 Å². The molecule has 0 aliphatic heterocycles. The summed E-state index contributed by atoms with van der Waals surface area (Å²) in [6.45, 7) is 31.9. The molecule has 0 aliphatic rings. The van der Waals surface area contributed by atoms with Gasteiger partial charge in [0.05, 0.1) is 0 Å². The van der Waals surface area contributed by atoms with Gasteiger partial charge in [0, 0.05) is 12.1 Å². The molecule has 0 aromatic rings. The molecule has 11 heteroatoms. The van der Waals surface area contributed by atoms with Crippen molar-refractivity contribution in [3.05, 3.63) is 0 Å². The van der Waals surface area contributed by atoms with Gasteiger partial charge in [0.2, 0.25) is 0 Å². The van der Waals surface area contributed by atoms with E-state index in [0.717, 1.165) is 24.9 Å². The van der Waals surface area contributed by atoms with Gasteiger partial charge in [-0.2, -0.15) is 0 Å². The topological polar surface area (TPSA) is 46.2 Å². The van der Waals surface area contributed by atoms with Gasteiger partial charge in [-0.3, -0.25) is 0 Å².